The number of nitrogens with zero attached hydrogens (tertiary/aromatic N) is 3. The fraction of sp³-hybridized carbons (Fsp3) is 0.636. The van der Waals surface area contributed by atoms with E-state index in [0.29, 0.717) is 29.9 Å². The molecule has 2 aromatic heterocycles. The number of amides is 2. The Bertz CT molecular complexity index is 912. The predicted octanol–water partition coefficient (Wildman–Crippen LogP) is 2.76. The summed E-state index contributed by atoms with van der Waals surface area (Å²) in [6, 6.07) is 3.89. The van der Waals surface area contributed by atoms with Crippen molar-refractivity contribution in [2.45, 2.75) is 75.4 Å². The van der Waals surface area contributed by atoms with E-state index in [2.05, 4.69) is 22.4 Å². The van der Waals surface area contributed by atoms with Gasteiger partial charge in [-0.05, 0) is 63.0 Å². The van der Waals surface area contributed by atoms with Crippen LogP contribution in [0.4, 0.5) is 0 Å². The maximum Gasteiger partial charge on any atom is 0.233 e. The van der Waals surface area contributed by atoms with Crippen molar-refractivity contribution in [2.75, 3.05) is 0 Å². The molecule has 4 rings (SSSR count). The van der Waals surface area contributed by atoms with Crippen LogP contribution < -0.4 is 11.1 Å². The number of aromatic nitrogens is 3. The van der Waals surface area contributed by atoms with Gasteiger partial charge in [0.25, 0.3) is 0 Å². The van der Waals surface area contributed by atoms with Gasteiger partial charge in [0.2, 0.25) is 11.8 Å². The number of hydrogen-bond acceptors (Lipinski definition) is 6. The van der Waals surface area contributed by atoms with Crippen LogP contribution in [0.2, 0.25) is 0 Å². The zero-order chi connectivity index (χ0) is 22.0. The van der Waals surface area contributed by atoms with E-state index in [0.717, 1.165) is 17.6 Å². The van der Waals surface area contributed by atoms with Crippen molar-refractivity contribution in [1.29, 1.82) is 0 Å². The van der Waals surface area contributed by atoms with Gasteiger partial charge in [0.05, 0.1) is 18.1 Å². The molecular formula is C22H31N5O3S. The zero-order valence-electron chi connectivity index (χ0n) is 18.1. The molecule has 0 aromatic carbocycles. The second-order valence-corrected chi connectivity index (χ2v) is 10.2. The molecule has 0 saturated heterocycles. The highest BCUT2D eigenvalue weighted by atomic mass is 32.2. The Balaban J connectivity index is 1.40. The minimum absolute atomic E-state index is 0.0199. The van der Waals surface area contributed by atoms with Crippen molar-refractivity contribution in [3.63, 3.8) is 0 Å². The molecule has 2 heterocycles. The number of rotatable bonds is 10. The van der Waals surface area contributed by atoms with Crippen molar-refractivity contribution in [3.8, 4) is 0 Å². The molecule has 8 nitrogen and oxygen atoms in total. The average molecular weight is 446 g/mol. The van der Waals surface area contributed by atoms with E-state index < -0.39 is 0 Å². The fourth-order valence-electron chi connectivity index (χ4n) is 5.11. The molecule has 5 atom stereocenters. The van der Waals surface area contributed by atoms with Gasteiger partial charge < -0.3 is 15.5 Å². The lowest BCUT2D eigenvalue weighted by Gasteiger charge is -2.29. The summed E-state index contributed by atoms with van der Waals surface area (Å²) < 4.78 is 7.37. The van der Waals surface area contributed by atoms with Crippen LogP contribution >= 0.6 is 11.8 Å². The van der Waals surface area contributed by atoms with Gasteiger partial charge in [0, 0.05) is 18.9 Å². The number of nitrogens with two attached hydrogens (primary N) is 1. The van der Waals surface area contributed by atoms with Crippen LogP contribution in [0.15, 0.2) is 28.0 Å². The summed E-state index contributed by atoms with van der Waals surface area (Å²) in [5.74, 6) is 3.27. The highest BCUT2D eigenvalue weighted by Gasteiger charge is 2.42. The molecule has 0 aliphatic heterocycles. The number of furan rings is 1. The Labute approximate surface area is 186 Å². The zero-order valence-corrected chi connectivity index (χ0v) is 18.9. The van der Waals surface area contributed by atoms with E-state index in [1.54, 1.807) is 6.26 Å². The first-order valence-corrected chi connectivity index (χ1v) is 12.0. The molecule has 2 aromatic rings. The quantitative estimate of drug-likeness (QED) is 0.543. The van der Waals surface area contributed by atoms with Gasteiger partial charge in [-0.2, -0.15) is 0 Å². The van der Waals surface area contributed by atoms with Crippen LogP contribution in [-0.4, -0.2) is 37.9 Å². The number of carbonyl (C=O) groups is 2. The SMILES string of the molecule is CC(Sc1nnc(CCC(N)=O)n1Cc1ccco1)C(=O)NC(C)C1CC2CCC1C2. The van der Waals surface area contributed by atoms with Crippen LogP contribution in [0.5, 0.6) is 0 Å². The van der Waals surface area contributed by atoms with Crippen LogP contribution in [-0.2, 0) is 22.6 Å². The number of carbonyl (C=O) groups excluding carboxylic acids is 2. The molecule has 9 heteroatoms. The maximum atomic E-state index is 12.9. The summed E-state index contributed by atoms with van der Waals surface area (Å²) in [7, 11) is 0. The average Bonchev–Trinajstić information content (AvgIpc) is 3.53. The molecule has 3 N–H and O–H groups in total. The number of nitrogens with one attached hydrogen (secondary N) is 1. The van der Waals surface area contributed by atoms with Gasteiger partial charge in [-0.1, -0.05) is 18.2 Å². The molecule has 168 valence electrons. The van der Waals surface area contributed by atoms with Gasteiger partial charge in [-0.15, -0.1) is 10.2 Å². The van der Waals surface area contributed by atoms with E-state index in [1.807, 2.05) is 23.6 Å². The summed E-state index contributed by atoms with van der Waals surface area (Å²) >= 11 is 1.37. The van der Waals surface area contributed by atoms with Crippen molar-refractivity contribution in [2.24, 2.45) is 23.5 Å². The lowest BCUT2D eigenvalue weighted by atomic mass is 9.84. The lowest BCUT2D eigenvalue weighted by Crippen LogP contribution is -2.43. The van der Waals surface area contributed by atoms with Gasteiger partial charge in [-0.3, -0.25) is 14.2 Å². The number of hydrogen-bond donors (Lipinski definition) is 2. The Morgan fingerprint density at radius 2 is 2.16 bits per heavy atom. The molecular weight excluding hydrogens is 414 g/mol. The maximum absolute atomic E-state index is 12.9. The summed E-state index contributed by atoms with van der Waals surface area (Å²) in [6.45, 7) is 4.47. The Kier molecular flexibility index (Phi) is 6.69. The number of primary amides is 1. The third-order valence-corrected chi connectivity index (χ3v) is 7.82. The Hall–Kier alpha value is -2.29. The van der Waals surface area contributed by atoms with Crippen LogP contribution in [0.25, 0.3) is 0 Å². The fourth-order valence-corrected chi connectivity index (χ4v) is 5.99. The van der Waals surface area contributed by atoms with Gasteiger partial charge in [0.15, 0.2) is 5.16 Å². The van der Waals surface area contributed by atoms with Crippen LogP contribution in [0, 0.1) is 17.8 Å². The second-order valence-electron chi connectivity index (χ2n) is 8.93. The molecule has 0 spiro atoms. The monoisotopic (exact) mass is 445 g/mol. The topological polar surface area (TPSA) is 116 Å². The van der Waals surface area contributed by atoms with Gasteiger partial charge >= 0.3 is 0 Å². The van der Waals surface area contributed by atoms with Crippen molar-refractivity contribution < 1.29 is 14.0 Å². The van der Waals surface area contributed by atoms with E-state index >= 15 is 0 Å². The molecule has 2 saturated carbocycles. The molecule has 31 heavy (non-hydrogen) atoms. The smallest absolute Gasteiger partial charge is 0.233 e. The van der Waals surface area contributed by atoms with Gasteiger partial charge in [-0.25, -0.2) is 0 Å². The molecule has 2 bridgehead atoms. The number of aryl methyl sites for hydroxylation is 1. The molecule has 2 aliphatic rings. The normalized spacial score (nSPS) is 24.3. The predicted molar refractivity (Wildman–Crippen MR) is 117 cm³/mol. The summed E-state index contributed by atoms with van der Waals surface area (Å²) in [4.78, 5) is 24.1. The molecule has 0 radical (unpaired) electrons. The van der Waals surface area contributed by atoms with Crippen molar-refractivity contribution in [1.82, 2.24) is 20.1 Å². The highest BCUT2D eigenvalue weighted by molar-refractivity contribution is 8.00. The first-order chi connectivity index (χ1) is 14.9. The number of fused-ring (bicyclic) bond motifs is 2. The third-order valence-electron chi connectivity index (χ3n) is 6.74. The third kappa shape index (κ3) is 5.14. The Morgan fingerprint density at radius 3 is 2.81 bits per heavy atom. The van der Waals surface area contributed by atoms with Gasteiger partial charge in [0.1, 0.15) is 11.6 Å². The molecule has 2 fully saturated rings. The van der Waals surface area contributed by atoms with Crippen LogP contribution in [0.1, 0.15) is 57.5 Å². The minimum Gasteiger partial charge on any atom is -0.467 e. The summed E-state index contributed by atoms with van der Waals surface area (Å²) in [5.41, 5.74) is 5.30. The summed E-state index contributed by atoms with van der Waals surface area (Å²) in [5, 5.41) is 12.1. The first-order valence-electron chi connectivity index (χ1n) is 11.1. The largest absolute Gasteiger partial charge is 0.467 e. The number of thioether (sulfide) groups is 1. The summed E-state index contributed by atoms with van der Waals surface area (Å²) in [6.07, 6.45) is 7.45. The van der Waals surface area contributed by atoms with E-state index in [9.17, 15) is 9.59 Å². The van der Waals surface area contributed by atoms with E-state index in [-0.39, 0.29) is 29.5 Å². The molecule has 2 amide bonds. The van der Waals surface area contributed by atoms with Crippen LogP contribution in [0.3, 0.4) is 0 Å². The molecule has 5 unspecified atom stereocenters. The second kappa shape index (κ2) is 9.46. The highest BCUT2D eigenvalue weighted by Crippen LogP contribution is 2.49. The first kappa shape index (κ1) is 21.9. The van der Waals surface area contributed by atoms with E-state index in [1.165, 1.54) is 37.4 Å². The van der Waals surface area contributed by atoms with Crippen molar-refractivity contribution in [3.05, 3.63) is 30.0 Å². The molecule has 2 aliphatic carbocycles. The van der Waals surface area contributed by atoms with E-state index in [4.69, 9.17) is 10.2 Å². The lowest BCUT2D eigenvalue weighted by molar-refractivity contribution is -0.121. The standard InChI is InChI=1S/C22H31N5O3S/c1-13(18-11-15-5-6-16(18)10-15)24-21(29)14(2)31-22-26-25-20(8-7-19(23)28)27(22)12-17-4-3-9-30-17/h3-4,9,13-16,18H,5-8,10-12H2,1-2H3,(H2,23,28)(H,24,29). The van der Waals surface area contributed by atoms with Crippen molar-refractivity contribution >= 4 is 23.6 Å². The Morgan fingerprint density at radius 1 is 1.32 bits per heavy atom. The minimum atomic E-state index is -0.385.